The summed E-state index contributed by atoms with van der Waals surface area (Å²) < 4.78 is 0. The Morgan fingerprint density at radius 3 is 2.46 bits per heavy atom. The van der Waals surface area contributed by atoms with E-state index in [0.29, 0.717) is 12.2 Å². The number of hydrogen-bond donors (Lipinski definition) is 3. The predicted molar refractivity (Wildman–Crippen MR) is 138 cm³/mol. The van der Waals surface area contributed by atoms with E-state index >= 15 is 0 Å². The molecule has 3 N–H and O–H groups in total. The number of aromatic amines is 1. The molecule has 2 aliphatic rings. The van der Waals surface area contributed by atoms with Gasteiger partial charge in [-0.25, -0.2) is 0 Å². The predicted octanol–water partition coefficient (Wildman–Crippen LogP) is 4.39. The zero-order valence-electron chi connectivity index (χ0n) is 21.4. The van der Waals surface area contributed by atoms with E-state index in [2.05, 4.69) is 15.6 Å². The maximum absolute atomic E-state index is 13.3. The Bertz CT molecular complexity index is 1010. The van der Waals surface area contributed by atoms with E-state index in [9.17, 15) is 14.4 Å². The summed E-state index contributed by atoms with van der Waals surface area (Å²) in [5, 5.41) is 6.97. The van der Waals surface area contributed by atoms with E-state index in [1.54, 1.807) is 6.07 Å². The Labute approximate surface area is 208 Å². The summed E-state index contributed by atoms with van der Waals surface area (Å²) in [6, 6.07) is 8.83. The van der Waals surface area contributed by atoms with Gasteiger partial charge in [-0.3, -0.25) is 14.4 Å². The van der Waals surface area contributed by atoms with Crippen LogP contribution in [-0.2, 0) is 9.59 Å². The van der Waals surface area contributed by atoms with Crippen LogP contribution in [0.4, 0.5) is 0 Å². The Morgan fingerprint density at radius 1 is 1.03 bits per heavy atom. The van der Waals surface area contributed by atoms with Crippen molar-refractivity contribution in [2.24, 2.45) is 11.3 Å². The molecule has 1 aliphatic carbocycles. The van der Waals surface area contributed by atoms with Gasteiger partial charge in [0.25, 0.3) is 5.91 Å². The van der Waals surface area contributed by atoms with Crippen LogP contribution in [0.5, 0.6) is 0 Å². The lowest BCUT2D eigenvalue weighted by molar-refractivity contribution is -0.141. The third-order valence-electron chi connectivity index (χ3n) is 7.55. The fourth-order valence-electron chi connectivity index (χ4n) is 5.49. The molecule has 0 spiro atoms. The number of H-pyrrole nitrogens is 1. The molecule has 0 radical (unpaired) electrons. The SMILES string of the molecule is CC(C)(C)[C@H](NC(=O)c1cc2ccccc2[nH]1)C(=O)NC[C@@H]1CCCCN1C(=O)C1CCCCC1. The van der Waals surface area contributed by atoms with Gasteiger partial charge in [0.15, 0.2) is 0 Å². The van der Waals surface area contributed by atoms with Gasteiger partial charge in [-0.1, -0.05) is 58.2 Å². The van der Waals surface area contributed by atoms with E-state index in [1.165, 1.54) is 6.42 Å². The molecule has 2 atom stereocenters. The molecule has 1 aliphatic heterocycles. The number of nitrogens with zero attached hydrogens (tertiary/aromatic N) is 1. The number of aromatic nitrogens is 1. The number of nitrogens with one attached hydrogen (secondary N) is 3. The van der Waals surface area contributed by atoms with Gasteiger partial charge in [0.05, 0.1) is 0 Å². The van der Waals surface area contributed by atoms with Crippen LogP contribution in [0.15, 0.2) is 30.3 Å². The molecular weight excluding hydrogens is 440 g/mol. The van der Waals surface area contributed by atoms with Crippen molar-refractivity contribution in [3.05, 3.63) is 36.0 Å². The average molecular weight is 481 g/mol. The lowest BCUT2D eigenvalue weighted by Crippen LogP contribution is -2.57. The van der Waals surface area contributed by atoms with Crippen LogP contribution in [0.25, 0.3) is 10.9 Å². The number of fused-ring (bicyclic) bond motifs is 1. The van der Waals surface area contributed by atoms with Crippen LogP contribution in [0.3, 0.4) is 0 Å². The average Bonchev–Trinajstić information content (AvgIpc) is 3.30. The van der Waals surface area contributed by atoms with Crippen molar-refractivity contribution in [3.63, 3.8) is 0 Å². The number of likely N-dealkylation sites (tertiary alicyclic amines) is 1. The molecule has 3 amide bonds. The molecule has 190 valence electrons. The topological polar surface area (TPSA) is 94.3 Å². The first-order valence-corrected chi connectivity index (χ1v) is 13.2. The van der Waals surface area contributed by atoms with Gasteiger partial charge in [0.2, 0.25) is 11.8 Å². The molecule has 1 aromatic carbocycles. The highest BCUT2D eigenvalue weighted by Gasteiger charge is 2.36. The highest BCUT2D eigenvalue weighted by molar-refractivity contribution is 6.00. The van der Waals surface area contributed by atoms with Crippen LogP contribution in [0, 0.1) is 11.3 Å². The Balaban J connectivity index is 1.40. The number of piperidine rings is 1. The normalized spacial score (nSPS) is 20.4. The largest absolute Gasteiger partial charge is 0.352 e. The van der Waals surface area contributed by atoms with Gasteiger partial charge < -0.3 is 20.5 Å². The maximum Gasteiger partial charge on any atom is 0.268 e. The second-order valence-corrected chi connectivity index (χ2v) is 11.3. The number of benzene rings is 1. The van der Waals surface area contributed by atoms with Crippen molar-refractivity contribution in [2.45, 2.75) is 84.2 Å². The number of hydrogen-bond acceptors (Lipinski definition) is 3. The zero-order chi connectivity index (χ0) is 25.0. The van der Waals surface area contributed by atoms with Crippen LogP contribution in [0.1, 0.15) is 82.6 Å². The van der Waals surface area contributed by atoms with E-state index in [0.717, 1.165) is 62.4 Å². The van der Waals surface area contributed by atoms with E-state index < -0.39 is 11.5 Å². The number of rotatable bonds is 6. The monoisotopic (exact) mass is 480 g/mol. The third-order valence-corrected chi connectivity index (χ3v) is 7.55. The molecule has 1 aromatic heterocycles. The summed E-state index contributed by atoms with van der Waals surface area (Å²) in [4.78, 5) is 44.7. The number of carbonyl (C=O) groups is 3. The van der Waals surface area contributed by atoms with E-state index in [1.807, 2.05) is 49.9 Å². The smallest absolute Gasteiger partial charge is 0.268 e. The van der Waals surface area contributed by atoms with Gasteiger partial charge in [-0.05, 0) is 49.7 Å². The van der Waals surface area contributed by atoms with Crippen molar-refractivity contribution < 1.29 is 14.4 Å². The molecule has 2 heterocycles. The molecule has 4 rings (SSSR count). The molecule has 0 unspecified atom stereocenters. The van der Waals surface area contributed by atoms with Crippen LogP contribution in [0.2, 0.25) is 0 Å². The van der Waals surface area contributed by atoms with Crippen molar-refractivity contribution in [1.82, 2.24) is 20.5 Å². The van der Waals surface area contributed by atoms with Gasteiger partial charge in [0, 0.05) is 36.0 Å². The summed E-state index contributed by atoms with van der Waals surface area (Å²) in [7, 11) is 0. The van der Waals surface area contributed by atoms with Gasteiger partial charge in [0.1, 0.15) is 11.7 Å². The van der Waals surface area contributed by atoms with E-state index in [-0.39, 0.29) is 29.7 Å². The molecule has 1 saturated carbocycles. The second kappa shape index (κ2) is 10.8. The highest BCUT2D eigenvalue weighted by Crippen LogP contribution is 2.28. The van der Waals surface area contributed by atoms with E-state index in [4.69, 9.17) is 0 Å². The summed E-state index contributed by atoms with van der Waals surface area (Å²) in [6.45, 7) is 7.04. The minimum Gasteiger partial charge on any atom is -0.352 e. The van der Waals surface area contributed by atoms with Gasteiger partial charge >= 0.3 is 0 Å². The Morgan fingerprint density at radius 2 is 1.74 bits per heavy atom. The standard InChI is InChI=1S/C28H40N4O3/c1-28(2,3)24(31-25(33)23-17-20-13-7-8-15-22(20)30-23)26(34)29-18-21-14-9-10-16-32(21)27(35)19-11-5-4-6-12-19/h7-8,13,15,17,19,21,24,30H,4-6,9-12,14,16,18H2,1-3H3,(H,29,34)(H,31,33)/t21-,24+/m0/s1. The molecule has 1 saturated heterocycles. The Hall–Kier alpha value is -2.83. The van der Waals surface area contributed by atoms with Crippen molar-refractivity contribution in [1.29, 1.82) is 0 Å². The number of carbonyl (C=O) groups excluding carboxylic acids is 3. The fourth-order valence-corrected chi connectivity index (χ4v) is 5.49. The lowest BCUT2D eigenvalue weighted by Gasteiger charge is -2.39. The maximum atomic E-state index is 13.3. The molecular formula is C28H40N4O3. The highest BCUT2D eigenvalue weighted by atomic mass is 16.2. The van der Waals surface area contributed by atoms with Crippen molar-refractivity contribution in [2.75, 3.05) is 13.1 Å². The molecule has 2 fully saturated rings. The Kier molecular flexibility index (Phi) is 7.82. The minimum absolute atomic E-state index is 0.0205. The molecule has 7 nitrogen and oxygen atoms in total. The van der Waals surface area contributed by atoms with Gasteiger partial charge in [-0.15, -0.1) is 0 Å². The van der Waals surface area contributed by atoms with Crippen LogP contribution >= 0.6 is 0 Å². The number of para-hydroxylation sites is 1. The van der Waals surface area contributed by atoms with Crippen molar-refractivity contribution >= 4 is 28.6 Å². The van der Waals surface area contributed by atoms with Crippen LogP contribution in [-0.4, -0.2) is 52.8 Å². The van der Waals surface area contributed by atoms with Gasteiger partial charge in [-0.2, -0.15) is 0 Å². The first kappa shape index (κ1) is 25.3. The third kappa shape index (κ3) is 6.06. The first-order valence-electron chi connectivity index (χ1n) is 13.2. The molecule has 35 heavy (non-hydrogen) atoms. The fraction of sp³-hybridized carbons (Fsp3) is 0.607. The summed E-state index contributed by atoms with van der Waals surface area (Å²) in [5.74, 6) is -0.109. The first-order chi connectivity index (χ1) is 16.7. The number of amides is 3. The van der Waals surface area contributed by atoms with Crippen molar-refractivity contribution in [3.8, 4) is 0 Å². The zero-order valence-corrected chi connectivity index (χ0v) is 21.4. The summed E-state index contributed by atoms with van der Waals surface area (Å²) in [6.07, 6.45) is 8.45. The quantitative estimate of drug-likeness (QED) is 0.572. The lowest BCUT2D eigenvalue weighted by atomic mass is 9.85. The second-order valence-electron chi connectivity index (χ2n) is 11.3. The minimum atomic E-state index is -0.701. The van der Waals surface area contributed by atoms with Crippen LogP contribution < -0.4 is 10.6 Å². The summed E-state index contributed by atoms with van der Waals surface area (Å²) >= 11 is 0. The molecule has 0 bridgehead atoms. The molecule has 2 aromatic rings. The molecule has 7 heteroatoms. The summed E-state index contributed by atoms with van der Waals surface area (Å²) in [5.41, 5.74) is 0.842.